The van der Waals surface area contributed by atoms with Gasteiger partial charge in [-0.1, -0.05) is 0 Å². The van der Waals surface area contributed by atoms with E-state index < -0.39 is 9.93 Å². The largest absolute Gasteiger partial charge is 0.384 e. The van der Waals surface area contributed by atoms with Crippen molar-refractivity contribution in [3.63, 3.8) is 0 Å². The molecule has 1 aliphatic rings. The Kier molecular flexibility index (Phi) is 3.42. The maximum absolute atomic E-state index is 11.6. The first kappa shape index (κ1) is 13.1. The number of aliphatic hydroxyl groups is 1. The molecule has 0 spiro atoms. The summed E-state index contributed by atoms with van der Waals surface area (Å²) in [6.07, 6.45) is 0.475. The number of rotatable bonds is 4. The summed E-state index contributed by atoms with van der Waals surface area (Å²) in [5.41, 5.74) is -0.271. The zero-order valence-corrected chi connectivity index (χ0v) is 11.6. The van der Waals surface area contributed by atoms with Gasteiger partial charge in [0.15, 0.2) is 0 Å². The summed E-state index contributed by atoms with van der Waals surface area (Å²) in [5, 5.41) is 16.6. The predicted molar refractivity (Wildman–Crippen MR) is 69.4 cm³/mol. The summed E-state index contributed by atoms with van der Waals surface area (Å²) in [7, 11) is 0. The van der Waals surface area contributed by atoms with Gasteiger partial charge in [-0.05, 0) is 35.7 Å². The molecule has 1 aromatic heterocycles. The molecule has 1 heterocycles. The number of alkyl halides is 2. The summed E-state index contributed by atoms with van der Waals surface area (Å²) in [6.45, 7) is 1.82. The summed E-state index contributed by atoms with van der Waals surface area (Å²) in [4.78, 5) is 11.6. The summed E-state index contributed by atoms with van der Waals surface area (Å²) in [6, 6.07) is 1.83. The average Bonchev–Trinajstić information content (AvgIpc) is 2.73. The monoisotopic (exact) mass is 293 g/mol. The Hall–Kier alpha value is -0.290. The number of hydrogen-bond acceptors (Lipinski definition) is 3. The normalized spacial score (nSPS) is 25.1. The zero-order valence-electron chi connectivity index (χ0n) is 9.24. The Labute approximate surface area is 114 Å². The van der Waals surface area contributed by atoms with Gasteiger partial charge in [-0.25, -0.2) is 0 Å². The van der Waals surface area contributed by atoms with Gasteiger partial charge in [0, 0.05) is 0 Å². The van der Waals surface area contributed by atoms with Crippen LogP contribution in [0.3, 0.4) is 0 Å². The van der Waals surface area contributed by atoms with E-state index >= 15 is 0 Å². The lowest BCUT2D eigenvalue weighted by Gasteiger charge is -2.22. The third kappa shape index (κ3) is 2.94. The van der Waals surface area contributed by atoms with Gasteiger partial charge >= 0.3 is 0 Å². The number of carbonyl (C=O) groups excluding carboxylic acids is 1. The molecule has 6 heteroatoms. The molecule has 1 aliphatic carbocycles. The van der Waals surface area contributed by atoms with Crippen molar-refractivity contribution in [2.24, 2.45) is 5.92 Å². The molecule has 3 nitrogen and oxygen atoms in total. The minimum Gasteiger partial charge on any atom is -0.384 e. The van der Waals surface area contributed by atoms with Crippen LogP contribution in [0.2, 0.25) is 0 Å². The third-order valence-corrected chi connectivity index (χ3v) is 4.41. The Morgan fingerprint density at radius 3 is 2.88 bits per heavy atom. The van der Waals surface area contributed by atoms with E-state index in [1.165, 1.54) is 11.3 Å². The van der Waals surface area contributed by atoms with Crippen LogP contribution in [-0.2, 0) is 10.4 Å². The Balaban J connectivity index is 1.88. The molecule has 0 aromatic carbocycles. The fourth-order valence-electron chi connectivity index (χ4n) is 1.55. The fraction of sp³-hybridized carbons (Fsp3) is 0.545. The van der Waals surface area contributed by atoms with Crippen LogP contribution in [0.5, 0.6) is 0 Å². The molecule has 1 aromatic rings. The first-order chi connectivity index (χ1) is 7.83. The number of thiophene rings is 1. The lowest BCUT2D eigenvalue weighted by molar-refractivity contribution is -0.123. The van der Waals surface area contributed by atoms with E-state index in [0.717, 1.165) is 5.56 Å². The minimum atomic E-state index is -1.06. The number of nitrogens with one attached hydrogen (secondary N) is 1. The van der Waals surface area contributed by atoms with Gasteiger partial charge in [-0.2, -0.15) is 11.3 Å². The quantitative estimate of drug-likeness (QED) is 0.837. The van der Waals surface area contributed by atoms with Crippen LogP contribution < -0.4 is 5.32 Å². The average molecular weight is 294 g/mol. The van der Waals surface area contributed by atoms with Gasteiger partial charge in [0.05, 0.1) is 12.5 Å². The van der Waals surface area contributed by atoms with E-state index in [9.17, 15) is 9.90 Å². The standard InChI is InChI=1S/C11H13Cl2NO2S/c1-10(16,7-2-3-17-5-7)6-14-9(15)8-4-11(8,12)13/h2-3,5,8,16H,4,6H2,1H3,(H,14,15). The van der Waals surface area contributed by atoms with E-state index in [4.69, 9.17) is 23.2 Å². The number of hydrogen-bond donors (Lipinski definition) is 2. The van der Waals surface area contributed by atoms with E-state index in [1.54, 1.807) is 6.92 Å². The highest BCUT2D eigenvalue weighted by molar-refractivity contribution is 7.08. The molecule has 2 N–H and O–H groups in total. The van der Waals surface area contributed by atoms with Crippen LogP contribution >= 0.6 is 34.5 Å². The van der Waals surface area contributed by atoms with Crippen molar-refractivity contribution in [2.45, 2.75) is 23.3 Å². The second kappa shape index (κ2) is 4.43. The molecule has 1 saturated carbocycles. The molecule has 2 unspecified atom stereocenters. The van der Waals surface area contributed by atoms with Crippen LogP contribution in [-0.4, -0.2) is 21.9 Å². The molecule has 2 rings (SSSR count). The fourth-order valence-corrected chi connectivity index (χ4v) is 2.84. The van der Waals surface area contributed by atoms with Crippen molar-refractivity contribution in [3.8, 4) is 0 Å². The zero-order chi connectivity index (χ0) is 12.7. The first-order valence-corrected chi connectivity index (χ1v) is 6.93. The van der Waals surface area contributed by atoms with Gasteiger partial charge in [-0.3, -0.25) is 4.79 Å². The van der Waals surface area contributed by atoms with Crippen molar-refractivity contribution >= 4 is 40.4 Å². The molecule has 94 valence electrons. The summed E-state index contributed by atoms with van der Waals surface area (Å²) in [5.74, 6) is -0.561. The number of carbonyl (C=O) groups is 1. The van der Waals surface area contributed by atoms with Crippen LogP contribution in [0.4, 0.5) is 0 Å². The second-order valence-corrected chi connectivity index (χ2v) is 6.84. The van der Waals surface area contributed by atoms with Gasteiger partial charge in [0.2, 0.25) is 5.91 Å². The molecular weight excluding hydrogens is 281 g/mol. The van der Waals surface area contributed by atoms with Crippen molar-refractivity contribution in [3.05, 3.63) is 22.4 Å². The van der Waals surface area contributed by atoms with Crippen LogP contribution in [0.25, 0.3) is 0 Å². The van der Waals surface area contributed by atoms with Gasteiger partial charge < -0.3 is 10.4 Å². The summed E-state index contributed by atoms with van der Waals surface area (Å²) >= 11 is 13.1. The molecule has 2 atom stereocenters. The lowest BCUT2D eigenvalue weighted by Crippen LogP contribution is -2.39. The number of halogens is 2. The van der Waals surface area contributed by atoms with E-state index in [2.05, 4.69) is 5.32 Å². The third-order valence-electron chi connectivity index (χ3n) is 2.89. The topological polar surface area (TPSA) is 49.3 Å². The Bertz CT molecular complexity index is 417. The minimum absolute atomic E-state index is 0.156. The Morgan fingerprint density at radius 1 is 1.76 bits per heavy atom. The maximum Gasteiger partial charge on any atom is 0.226 e. The molecule has 0 aliphatic heterocycles. The van der Waals surface area contributed by atoms with Gasteiger partial charge in [0.1, 0.15) is 9.93 Å². The lowest BCUT2D eigenvalue weighted by atomic mass is 9.99. The van der Waals surface area contributed by atoms with Crippen molar-refractivity contribution in [2.75, 3.05) is 6.54 Å². The second-order valence-electron chi connectivity index (χ2n) is 4.52. The van der Waals surface area contributed by atoms with Crippen molar-refractivity contribution < 1.29 is 9.90 Å². The summed E-state index contributed by atoms with van der Waals surface area (Å²) < 4.78 is -0.918. The van der Waals surface area contributed by atoms with Crippen LogP contribution in [0, 0.1) is 5.92 Å². The molecule has 1 amide bonds. The van der Waals surface area contributed by atoms with Gasteiger partial charge in [0.25, 0.3) is 0 Å². The first-order valence-electron chi connectivity index (χ1n) is 5.23. The van der Waals surface area contributed by atoms with E-state index in [-0.39, 0.29) is 18.4 Å². The highest BCUT2D eigenvalue weighted by atomic mass is 35.5. The molecule has 0 saturated heterocycles. The van der Waals surface area contributed by atoms with Crippen molar-refractivity contribution in [1.29, 1.82) is 0 Å². The van der Waals surface area contributed by atoms with Crippen LogP contribution in [0.1, 0.15) is 18.9 Å². The Morgan fingerprint density at radius 2 is 2.41 bits per heavy atom. The van der Waals surface area contributed by atoms with Crippen LogP contribution in [0.15, 0.2) is 16.8 Å². The molecule has 17 heavy (non-hydrogen) atoms. The number of amides is 1. The molecule has 0 bridgehead atoms. The smallest absolute Gasteiger partial charge is 0.226 e. The highest BCUT2D eigenvalue weighted by Crippen LogP contribution is 2.53. The molecular formula is C11H13Cl2NO2S. The van der Waals surface area contributed by atoms with Gasteiger partial charge in [-0.15, -0.1) is 23.2 Å². The molecule has 1 fully saturated rings. The SMILES string of the molecule is CC(O)(CNC(=O)C1CC1(Cl)Cl)c1ccsc1. The maximum atomic E-state index is 11.6. The van der Waals surface area contributed by atoms with E-state index in [0.29, 0.717) is 6.42 Å². The predicted octanol–water partition coefficient (Wildman–Crippen LogP) is 2.27. The molecule has 0 radical (unpaired) electrons. The van der Waals surface area contributed by atoms with E-state index in [1.807, 2.05) is 16.8 Å². The van der Waals surface area contributed by atoms with Crippen molar-refractivity contribution in [1.82, 2.24) is 5.32 Å². The highest BCUT2D eigenvalue weighted by Gasteiger charge is 2.56.